The van der Waals surface area contributed by atoms with Crippen molar-refractivity contribution in [3.05, 3.63) is 59.1 Å². The fourth-order valence-corrected chi connectivity index (χ4v) is 4.41. The van der Waals surface area contributed by atoms with E-state index in [1.165, 1.54) is 12.1 Å². The molecule has 2 atom stereocenters. The molecular weight excluding hydrogens is 388 g/mol. The molecule has 8 heteroatoms. The van der Waals surface area contributed by atoms with Gasteiger partial charge in [0.05, 0.1) is 17.1 Å². The van der Waals surface area contributed by atoms with Gasteiger partial charge in [-0.25, -0.2) is 8.42 Å². The molecule has 1 heterocycles. The maximum Gasteiger partial charge on any atom is 0.261 e. The summed E-state index contributed by atoms with van der Waals surface area (Å²) < 4.78 is 33.0. The summed E-state index contributed by atoms with van der Waals surface area (Å²) in [5, 5.41) is 0.341. The number of halogens is 1. The molecule has 1 aliphatic rings. The van der Waals surface area contributed by atoms with Crippen LogP contribution >= 0.6 is 11.6 Å². The lowest BCUT2D eigenvalue weighted by Gasteiger charge is -2.35. The Hall–Kier alpha value is -2.09. The van der Waals surface area contributed by atoms with Gasteiger partial charge in [-0.2, -0.15) is 0 Å². The van der Waals surface area contributed by atoms with Crippen LogP contribution in [-0.2, 0) is 14.8 Å². The van der Waals surface area contributed by atoms with E-state index >= 15 is 0 Å². The smallest absolute Gasteiger partial charge is 0.261 e. The highest BCUT2D eigenvalue weighted by molar-refractivity contribution is 7.92. The quantitative estimate of drug-likeness (QED) is 0.841. The summed E-state index contributed by atoms with van der Waals surface area (Å²) in [6.45, 7) is 4.94. The van der Waals surface area contributed by atoms with Crippen LogP contribution in [0.4, 0.5) is 5.69 Å². The van der Waals surface area contributed by atoms with Crippen LogP contribution in [0.15, 0.2) is 53.4 Å². The van der Waals surface area contributed by atoms with Crippen LogP contribution < -0.4 is 4.72 Å². The number of rotatable bonds is 4. The molecule has 2 aromatic rings. The molecule has 144 valence electrons. The zero-order chi connectivity index (χ0) is 19.6. The van der Waals surface area contributed by atoms with Gasteiger partial charge in [0, 0.05) is 29.4 Å². The summed E-state index contributed by atoms with van der Waals surface area (Å²) in [6, 6.07) is 12.4. The molecule has 0 aliphatic carbocycles. The van der Waals surface area contributed by atoms with E-state index in [-0.39, 0.29) is 23.0 Å². The van der Waals surface area contributed by atoms with Gasteiger partial charge in [0.2, 0.25) is 0 Å². The zero-order valence-corrected chi connectivity index (χ0v) is 16.6. The lowest BCUT2D eigenvalue weighted by atomic mass is 10.1. The molecule has 0 saturated carbocycles. The highest BCUT2D eigenvalue weighted by Crippen LogP contribution is 2.21. The standard InChI is InChI=1S/C19H21ClN2O4S/c1-13-11-22(12-14(2)26-13)19(23)15-6-8-17(9-7-15)21-27(24,25)18-5-3-4-16(20)10-18/h3-10,13-14,21H,11-12H2,1-2H3/t13-,14-/m0/s1. The van der Waals surface area contributed by atoms with E-state index in [0.29, 0.717) is 29.4 Å². The van der Waals surface area contributed by atoms with E-state index in [9.17, 15) is 13.2 Å². The molecular formula is C19H21ClN2O4S. The number of carbonyl (C=O) groups is 1. The fourth-order valence-electron chi connectivity index (χ4n) is 3.06. The Kier molecular flexibility index (Phi) is 5.74. The molecule has 0 spiro atoms. The van der Waals surface area contributed by atoms with Gasteiger partial charge >= 0.3 is 0 Å². The number of nitrogens with one attached hydrogen (secondary N) is 1. The number of hydrogen-bond acceptors (Lipinski definition) is 4. The number of nitrogens with zero attached hydrogens (tertiary/aromatic N) is 1. The number of amides is 1. The second-order valence-corrected chi connectivity index (χ2v) is 8.73. The molecule has 1 fully saturated rings. The van der Waals surface area contributed by atoms with Crippen LogP contribution in [0.1, 0.15) is 24.2 Å². The minimum absolute atomic E-state index is 0.0125. The van der Waals surface area contributed by atoms with Crippen LogP contribution in [-0.4, -0.2) is 44.5 Å². The molecule has 1 amide bonds. The van der Waals surface area contributed by atoms with Crippen LogP contribution in [0.5, 0.6) is 0 Å². The van der Waals surface area contributed by atoms with Crippen molar-refractivity contribution in [1.82, 2.24) is 4.90 Å². The summed E-state index contributed by atoms with van der Waals surface area (Å²) in [5.74, 6) is -0.0961. The lowest BCUT2D eigenvalue weighted by Crippen LogP contribution is -2.48. The average molecular weight is 409 g/mol. The van der Waals surface area contributed by atoms with Crippen LogP contribution in [0.3, 0.4) is 0 Å². The van der Waals surface area contributed by atoms with E-state index in [0.717, 1.165) is 0 Å². The molecule has 1 saturated heterocycles. The van der Waals surface area contributed by atoms with Gasteiger partial charge in [-0.1, -0.05) is 17.7 Å². The number of anilines is 1. The minimum Gasteiger partial charge on any atom is -0.372 e. The van der Waals surface area contributed by atoms with Gasteiger partial charge in [-0.3, -0.25) is 9.52 Å². The van der Waals surface area contributed by atoms with Crippen molar-refractivity contribution < 1.29 is 17.9 Å². The Morgan fingerprint density at radius 1 is 1.11 bits per heavy atom. The molecule has 6 nitrogen and oxygen atoms in total. The normalized spacial score (nSPS) is 20.3. The summed E-state index contributed by atoms with van der Waals surface area (Å²) in [4.78, 5) is 14.5. The molecule has 0 aromatic heterocycles. The number of hydrogen-bond donors (Lipinski definition) is 1. The Bertz CT molecular complexity index is 921. The SMILES string of the molecule is C[C@H]1CN(C(=O)c2ccc(NS(=O)(=O)c3cccc(Cl)c3)cc2)C[C@H](C)O1. The highest BCUT2D eigenvalue weighted by atomic mass is 35.5. The number of morpholine rings is 1. The van der Waals surface area contributed by atoms with Crippen LogP contribution in [0, 0.1) is 0 Å². The number of ether oxygens (including phenoxy) is 1. The Morgan fingerprint density at radius 3 is 2.33 bits per heavy atom. The molecule has 3 rings (SSSR count). The topological polar surface area (TPSA) is 75.7 Å². The Labute approximate surface area is 164 Å². The van der Waals surface area contributed by atoms with Crippen molar-refractivity contribution in [2.45, 2.75) is 31.0 Å². The van der Waals surface area contributed by atoms with Gasteiger partial charge in [0.15, 0.2) is 0 Å². The number of sulfonamides is 1. The summed E-state index contributed by atoms with van der Waals surface area (Å²) >= 11 is 5.86. The first kappa shape index (κ1) is 19.7. The largest absolute Gasteiger partial charge is 0.372 e. The summed E-state index contributed by atoms with van der Waals surface area (Å²) in [6.07, 6.45) is -0.0250. The van der Waals surface area contributed by atoms with Gasteiger partial charge in [0.25, 0.3) is 15.9 Å². The maximum absolute atomic E-state index is 12.7. The third kappa shape index (κ3) is 4.80. The second-order valence-electron chi connectivity index (χ2n) is 6.61. The predicted molar refractivity (Wildman–Crippen MR) is 105 cm³/mol. The molecule has 27 heavy (non-hydrogen) atoms. The number of carbonyl (C=O) groups excluding carboxylic acids is 1. The van der Waals surface area contributed by atoms with Crippen molar-refractivity contribution in [2.24, 2.45) is 0 Å². The monoisotopic (exact) mass is 408 g/mol. The molecule has 0 radical (unpaired) electrons. The molecule has 2 aromatic carbocycles. The van der Waals surface area contributed by atoms with Crippen molar-refractivity contribution in [1.29, 1.82) is 0 Å². The van der Waals surface area contributed by atoms with Gasteiger partial charge < -0.3 is 9.64 Å². The van der Waals surface area contributed by atoms with Crippen molar-refractivity contribution in [3.8, 4) is 0 Å². The molecule has 1 N–H and O–H groups in total. The van der Waals surface area contributed by atoms with E-state index in [4.69, 9.17) is 16.3 Å². The first-order chi connectivity index (χ1) is 12.7. The third-order valence-corrected chi connectivity index (χ3v) is 5.81. The van der Waals surface area contributed by atoms with Gasteiger partial charge in [0.1, 0.15) is 0 Å². The van der Waals surface area contributed by atoms with Crippen LogP contribution in [0.25, 0.3) is 0 Å². The first-order valence-electron chi connectivity index (χ1n) is 8.58. The van der Waals surface area contributed by atoms with E-state index in [2.05, 4.69) is 4.72 Å². The molecule has 0 bridgehead atoms. The zero-order valence-electron chi connectivity index (χ0n) is 15.1. The molecule has 0 unspecified atom stereocenters. The fraction of sp³-hybridized carbons (Fsp3) is 0.316. The average Bonchev–Trinajstić information content (AvgIpc) is 2.60. The Balaban J connectivity index is 1.72. The highest BCUT2D eigenvalue weighted by Gasteiger charge is 2.26. The number of benzene rings is 2. The van der Waals surface area contributed by atoms with E-state index in [1.807, 2.05) is 13.8 Å². The van der Waals surface area contributed by atoms with E-state index in [1.54, 1.807) is 41.3 Å². The first-order valence-corrected chi connectivity index (χ1v) is 10.4. The maximum atomic E-state index is 12.7. The predicted octanol–water partition coefficient (Wildman–Crippen LogP) is 3.39. The second kappa shape index (κ2) is 7.88. The van der Waals surface area contributed by atoms with Crippen molar-refractivity contribution >= 4 is 33.2 Å². The minimum atomic E-state index is -3.75. The van der Waals surface area contributed by atoms with Crippen LogP contribution in [0.2, 0.25) is 5.02 Å². The lowest BCUT2D eigenvalue weighted by molar-refractivity contribution is -0.0586. The van der Waals surface area contributed by atoms with Crippen molar-refractivity contribution in [3.63, 3.8) is 0 Å². The van der Waals surface area contributed by atoms with E-state index < -0.39 is 10.0 Å². The Morgan fingerprint density at radius 2 is 1.74 bits per heavy atom. The van der Waals surface area contributed by atoms with Crippen molar-refractivity contribution in [2.75, 3.05) is 17.8 Å². The summed E-state index contributed by atoms with van der Waals surface area (Å²) in [5.41, 5.74) is 0.872. The van der Waals surface area contributed by atoms with Gasteiger partial charge in [-0.15, -0.1) is 0 Å². The molecule has 1 aliphatic heterocycles. The summed E-state index contributed by atoms with van der Waals surface area (Å²) in [7, 11) is -3.75. The third-order valence-electron chi connectivity index (χ3n) is 4.20. The van der Waals surface area contributed by atoms with Gasteiger partial charge in [-0.05, 0) is 56.3 Å².